The molecule has 2 nitrogen and oxygen atoms in total. The Morgan fingerprint density at radius 1 is 1.70 bits per heavy atom. The van der Waals surface area contributed by atoms with E-state index in [9.17, 15) is 4.21 Å². The monoisotopic (exact) mass is 161 g/mol. The van der Waals surface area contributed by atoms with Crippen LogP contribution in [-0.2, 0) is 10.8 Å². The molecule has 0 aliphatic heterocycles. The molecule has 0 heterocycles. The predicted molar refractivity (Wildman–Crippen MR) is 44.6 cm³/mol. The third kappa shape index (κ3) is 3.32. The van der Waals surface area contributed by atoms with Gasteiger partial charge >= 0.3 is 0 Å². The van der Waals surface area contributed by atoms with Crippen LogP contribution in [0.3, 0.4) is 0 Å². The van der Waals surface area contributed by atoms with Gasteiger partial charge in [-0.2, -0.15) is 0 Å². The highest BCUT2D eigenvalue weighted by atomic mass is 32.2. The van der Waals surface area contributed by atoms with E-state index >= 15 is 0 Å². The molecule has 0 saturated heterocycles. The molecule has 1 aliphatic rings. The van der Waals surface area contributed by atoms with E-state index in [4.69, 9.17) is 0 Å². The summed E-state index contributed by atoms with van der Waals surface area (Å²) < 4.78 is 10.7. The lowest BCUT2D eigenvalue weighted by atomic mass is 10.4. The van der Waals surface area contributed by atoms with Crippen molar-refractivity contribution in [2.24, 2.45) is 0 Å². The van der Waals surface area contributed by atoms with Gasteiger partial charge in [-0.25, -0.2) is 0 Å². The molecule has 1 N–H and O–H groups in total. The highest BCUT2D eigenvalue weighted by Gasteiger charge is 2.22. The van der Waals surface area contributed by atoms with Gasteiger partial charge in [-0.3, -0.25) is 4.21 Å². The number of rotatable bonds is 4. The quantitative estimate of drug-likeness (QED) is 0.651. The van der Waals surface area contributed by atoms with Crippen molar-refractivity contribution in [2.75, 3.05) is 12.0 Å². The zero-order valence-corrected chi connectivity index (χ0v) is 7.41. The molecular formula is C7H15NOS. The van der Waals surface area contributed by atoms with Crippen LogP contribution in [0.2, 0.25) is 0 Å². The van der Waals surface area contributed by atoms with E-state index in [0.29, 0.717) is 6.04 Å². The smallest absolute Gasteiger partial charge is 0.0383 e. The summed E-state index contributed by atoms with van der Waals surface area (Å²) in [4.78, 5) is 0. The number of hydrogen-bond donors (Lipinski definition) is 1. The average molecular weight is 161 g/mol. The standard InChI is InChI=1S/C7H15NOS/c1-6(5-10(2)9)8-7-3-4-7/h6-8H,3-5H2,1-2H3. The molecule has 60 valence electrons. The summed E-state index contributed by atoms with van der Waals surface area (Å²) in [5, 5.41) is 3.39. The van der Waals surface area contributed by atoms with Crippen LogP contribution in [0.4, 0.5) is 0 Å². The molecule has 3 heteroatoms. The zero-order chi connectivity index (χ0) is 7.56. The van der Waals surface area contributed by atoms with Crippen molar-refractivity contribution < 1.29 is 4.21 Å². The molecule has 0 radical (unpaired) electrons. The van der Waals surface area contributed by atoms with Crippen LogP contribution in [-0.4, -0.2) is 28.3 Å². The van der Waals surface area contributed by atoms with Gasteiger partial charge in [0.1, 0.15) is 0 Å². The van der Waals surface area contributed by atoms with Crippen molar-refractivity contribution in [1.29, 1.82) is 0 Å². The molecule has 0 spiro atoms. The fourth-order valence-corrected chi connectivity index (χ4v) is 1.85. The molecule has 0 bridgehead atoms. The summed E-state index contributed by atoms with van der Waals surface area (Å²) in [6, 6.07) is 1.16. The van der Waals surface area contributed by atoms with Crippen molar-refractivity contribution in [3.8, 4) is 0 Å². The van der Waals surface area contributed by atoms with Gasteiger partial charge in [0.15, 0.2) is 0 Å². The van der Waals surface area contributed by atoms with Gasteiger partial charge in [-0.15, -0.1) is 0 Å². The first-order chi connectivity index (χ1) is 4.68. The predicted octanol–water partition coefficient (Wildman–Crippen LogP) is 0.505. The summed E-state index contributed by atoms with van der Waals surface area (Å²) in [7, 11) is -0.647. The zero-order valence-electron chi connectivity index (χ0n) is 6.59. The Labute approximate surface area is 64.8 Å². The van der Waals surface area contributed by atoms with E-state index in [1.807, 2.05) is 0 Å². The molecule has 0 aromatic rings. The van der Waals surface area contributed by atoms with Crippen molar-refractivity contribution in [3.05, 3.63) is 0 Å². The van der Waals surface area contributed by atoms with Gasteiger partial charge in [-0.1, -0.05) is 0 Å². The molecule has 10 heavy (non-hydrogen) atoms. The van der Waals surface area contributed by atoms with E-state index in [1.54, 1.807) is 6.26 Å². The Bertz CT molecular complexity index is 134. The second kappa shape index (κ2) is 3.49. The maximum Gasteiger partial charge on any atom is 0.0383 e. The molecule has 2 unspecified atom stereocenters. The SMILES string of the molecule is CC(CS(C)=O)NC1CC1. The van der Waals surface area contributed by atoms with E-state index in [2.05, 4.69) is 12.2 Å². The Hall–Kier alpha value is 0.110. The lowest BCUT2D eigenvalue weighted by Crippen LogP contribution is -2.32. The summed E-state index contributed by atoms with van der Waals surface area (Å²) in [6.45, 7) is 2.10. The van der Waals surface area contributed by atoms with Gasteiger partial charge in [0, 0.05) is 34.9 Å². The van der Waals surface area contributed by atoms with Crippen LogP contribution >= 0.6 is 0 Å². The Morgan fingerprint density at radius 3 is 2.70 bits per heavy atom. The minimum atomic E-state index is -0.647. The molecule has 0 amide bonds. The normalized spacial score (nSPS) is 24.2. The minimum absolute atomic E-state index is 0.429. The van der Waals surface area contributed by atoms with E-state index in [0.717, 1.165) is 11.8 Å². The molecule has 0 aromatic heterocycles. The second-order valence-corrected chi connectivity index (χ2v) is 4.56. The maximum absolute atomic E-state index is 10.7. The number of hydrogen-bond acceptors (Lipinski definition) is 2. The van der Waals surface area contributed by atoms with Crippen LogP contribution in [0.1, 0.15) is 19.8 Å². The Morgan fingerprint density at radius 2 is 2.30 bits per heavy atom. The van der Waals surface area contributed by atoms with Gasteiger partial charge < -0.3 is 5.32 Å². The minimum Gasteiger partial charge on any atom is -0.311 e. The van der Waals surface area contributed by atoms with Crippen LogP contribution in [0, 0.1) is 0 Å². The molecule has 0 aromatic carbocycles. The molecule has 2 atom stereocenters. The van der Waals surface area contributed by atoms with E-state index in [1.165, 1.54) is 12.8 Å². The third-order valence-electron chi connectivity index (χ3n) is 1.58. The first-order valence-corrected chi connectivity index (χ1v) is 5.47. The lowest BCUT2D eigenvalue weighted by Gasteiger charge is -2.10. The highest BCUT2D eigenvalue weighted by Crippen LogP contribution is 2.19. The van der Waals surface area contributed by atoms with Gasteiger partial charge in [-0.05, 0) is 19.8 Å². The first kappa shape index (κ1) is 8.21. The highest BCUT2D eigenvalue weighted by molar-refractivity contribution is 7.84. The third-order valence-corrected chi connectivity index (χ3v) is 2.55. The molecule has 1 aliphatic carbocycles. The van der Waals surface area contributed by atoms with Crippen LogP contribution in [0.25, 0.3) is 0 Å². The lowest BCUT2D eigenvalue weighted by molar-refractivity contribution is 0.584. The fourth-order valence-electron chi connectivity index (χ4n) is 1.05. The van der Waals surface area contributed by atoms with Crippen LogP contribution < -0.4 is 5.32 Å². The molecule has 1 saturated carbocycles. The Kier molecular flexibility index (Phi) is 2.86. The van der Waals surface area contributed by atoms with Crippen LogP contribution in [0.5, 0.6) is 0 Å². The number of nitrogens with one attached hydrogen (secondary N) is 1. The molecule has 1 fully saturated rings. The van der Waals surface area contributed by atoms with Gasteiger partial charge in [0.05, 0.1) is 0 Å². The Balaban J connectivity index is 2.07. The average Bonchev–Trinajstić information content (AvgIpc) is 2.46. The van der Waals surface area contributed by atoms with Crippen LogP contribution in [0.15, 0.2) is 0 Å². The summed E-state index contributed by atoms with van der Waals surface area (Å²) in [5.41, 5.74) is 0. The largest absolute Gasteiger partial charge is 0.311 e. The molecule has 1 rings (SSSR count). The maximum atomic E-state index is 10.7. The first-order valence-electron chi connectivity index (χ1n) is 3.74. The van der Waals surface area contributed by atoms with Gasteiger partial charge in [0.25, 0.3) is 0 Å². The van der Waals surface area contributed by atoms with Gasteiger partial charge in [0.2, 0.25) is 0 Å². The summed E-state index contributed by atoms with van der Waals surface area (Å²) in [6.07, 6.45) is 4.37. The van der Waals surface area contributed by atoms with Crippen molar-refractivity contribution in [2.45, 2.75) is 31.8 Å². The summed E-state index contributed by atoms with van der Waals surface area (Å²) in [5.74, 6) is 0.788. The van der Waals surface area contributed by atoms with E-state index in [-0.39, 0.29) is 0 Å². The van der Waals surface area contributed by atoms with E-state index < -0.39 is 10.8 Å². The topological polar surface area (TPSA) is 29.1 Å². The van der Waals surface area contributed by atoms with Crippen molar-refractivity contribution in [3.63, 3.8) is 0 Å². The van der Waals surface area contributed by atoms with Crippen molar-refractivity contribution in [1.82, 2.24) is 5.32 Å². The molecular weight excluding hydrogens is 146 g/mol. The second-order valence-electron chi connectivity index (χ2n) is 3.08. The fraction of sp³-hybridized carbons (Fsp3) is 1.00. The summed E-state index contributed by atoms with van der Waals surface area (Å²) >= 11 is 0. The van der Waals surface area contributed by atoms with Crippen molar-refractivity contribution >= 4 is 10.8 Å².